The largest absolute Gasteiger partial charge is 0.480 e. The van der Waals surface area contributed by atoms with Crippen LogP contribution >= 0.6 is 0 Å². The summed E-state index contributed by atoms with van der Waals surface area (Å²) in [6.45, 7) is 6.11. The van der Waals surface area contributed by atoms with E-state index in [4.69, 9.17) is 0 Å². The fourth-order valence-corrected chi connectivity index (χ4v) is 3.08. The molecule has 0 bridgehead atoms. The first-order chi connectivity index (χ1) is 12.5. The molecule has 2 aromatic rings. The number of carbonyl (C=O) groups is 2. The van der Waals surface area contributed by atoms with Crippen molar-refractivity contribution in [1.82, 2.24) is 14.7 Å². The van der Waals surface area contributed by atoms with E-state index in [9.17, 15) is 14.7 Å². The molecule has 0 radical (unpaired) electrons. The highest BCUT2D eigenvalue weighted by Gasteiger charge is 2.23. The lowest BCUT2D eigenvalue weighted by Gasteiger charge is -2.20. The first-order valence-corrected chi connectivity index (χ1v) is 9.07. The molecule has 0 aliphatic heterocycles. The minimum absolute atomic E-state index is 0.244. The van der Waals surface area contributed by atoms with Crippen molar-refractivity contribution in [3.8, 4) is 0 Å². The Hall–Kier alpha value is -2.63. The van der Waals surface area contributed by atoms with Gasteiger partial charge in [-0.25, -0.2) is 0 Å². The second-order valence-electron chi connectivity index (χ2n) is 6.44. The maximum atomic E-state index is 12.9. The highest BCUT2D eigenvalue weighted by molar-refractivity contribution is 5.94. The standard InChI is InChI=1S/C20H27N3O3/c1-4-17(5-2)23-15(3)13-18(21-23)20(26)22(14-19(24)25)12-11-16-9-7-6-8-10-16/h6-10,13,17H,4-5,11-12,14H2,1-3H3,(H,24,25). The molecule has 2 rings (SSSR count). The third-order valence-corrected chi connectivity index (χ3v) is 4.56. The molecule has 0 unspecified atom stereocenters. The number of amides is 1. The molecule has 0 aliphatic rings. The van der Waals surface area contributed by atoms with E-state index in [2.05, 4.69) is 18.9 Å². The Kier molecular flexibility index (Phi) is 6.95. The summed E-state index contributed by atoms with van der Waals surface area (Å²) in [6.07, 6.45) is 2.46. The van der Waals surface area contributed by atoms with Crippen molar-refractivity contribution in [3.63, 3.8) is 0 Å². The third kappa shape index (κ3) is 4.94. The Morgan fingerprint density at radius 2 is 1.85 bits per heavy atom. The van der Waals surface area contributed by atoms with Gasteiger partial charge < -0.3 is 10.0 Å². The molecule has 1 aromatic carbocycles. The number of carboxylic acid groups (broad SMARTS) is 1. The van der Waals surface area contributed by atoms with Crippen LogP contribution in [0.2, 0.25) is 0 Å². The van der Waals surface area contributed by atoms with Gasteiger partial charge in [0, 0.05) is 12.2 Å². The van der Waals surface area contributed by atoms with Crippen molar-refractivity contribution >= 4 is 11.9 Å². The molecule has 1 amide bonds. The number of hydrogen-bond donors (Lipinski definition) is 1. The van der Waals surface area contributed by atoms with Crippen molar-refractivity contribution in [2.45, 2.75) is 46.1 Å². The maximum Gasteiger partial charge on any atom is 0.323 e. The molecule has 0 saturated heterocycles. The number of hydrogen-bond acceptors (Lipinski definition) is 3. The summed E-state index contributed by atoms with van der Waals surface area (Å²) in [5.74, 6) is -1.36. The number of carboxylic acids is 1. The molecule has 0 spiro atoms. The SMILES string of the molecule is CCC(CC)n1nc(C(=O)N(CCc2ccccc2)CC(=O)O)cc1C. The summed E-state index contributed by atoms with van der Waals surface area (Å²) in [7, 11) is 0. The van der Waals surface area contributed by atoms with E-state index in [1.165, 1.54) is 4.90 Å². The van der Waals surface area contributed by atoms with Gasteiger partial charge >= 0.3 is 5.97 Å². The summed E-state index contributed by atoms with van der Waals surface area (Å²) in [5.41, 5.74) is 2.29. The number of rotatable bonds is 9. The van der Waals surface area contributed by atoms with Gasteiger partial charge in [-0.3, -0.25) is 14.3 Å². The van der Waals surface area contributed by atoms with E-state index < -0.39 is 5.97 Å². The van der Waals surface area contributed by atoms with E-state index in [0.29, 0.717) is 18.7 Å². The van der Waals surface area contributed by atoms with Gasteiger partial charge in [0.2, 0.25) is 0 Å². The van der Waals surface area contributed by atoms with Crippen LogP contribution in [0, 0.1) is 6.92 Å². The van der Waals surface area contributed by atoms with Crippen LogP contribution in [-0.2, 0) is 11.2 Å². The van der Waals surface area contributed by atoms with Crippen LogP contribution in [-0.4, -0.2) is 44.8 Å². The number of aryl methyl sites for hydroxylation is 1. The Morgan fingerprint density at radius 1 is 1.19 bits per heavy atom. The Balaban J connectivity index is 2.18. The molecule has 140 valence electrons. The quantitative estimate of drug-likeness (QED) is 0.747. The van der Waals surface area contributed by atoms with Gasteiger partial charge in [-0.2, -0.15) is 5.10 Å². The first kappa shape index (κ1) is 19.7. The van der Waals surface area contributed by atoms with Crippen LogP contribution in [0.1, 0.15) is 54.5 Å². The van der Waals surface area contributed by atoms with Crippen LogP contribution < -0.4 is 0 Å². The molecular formula is C20H27N3O3. The molecule has 6 heteroatoms. The predicted octanol–water partition coefficient (Wildman–Crippen LogP) is 3.32. The lowest BCUT2D eigenvalue weighted by Crippen LogP contribution is -2.37. The predicted molar refractivity (Wildman–Crippen MR) is 100 cm³/mol. The lowest BCUT2D eigenvalue weighted by molar-refractivity contribution is -0.137. The van der Waals surface area contributed by atoms with Gasteiger partial charge in [-0.15, -0.1) is 0 Å². The van der Waals surface area contributed by atoms with Crippen LogP contribution in [0.4, 0.5) is 0 Å². The van der Waals surface area contributed by atoms with Crippen LogP contribution in [0.25, 0.3) is 0 Å². The second-order valence-corrected chi connectivity index (χ2v) is 6.44. The summed E-state index contributed by atoms with van der Waals surface area (Å²) in [5, 5.41) is 13.6. The molecule has 0 atom stereocenters. The third-order valence-electron chi connectivity index (χ3n) is 4.56. The van der Waals surface area contributed by atoms with Crippen molar-refractivity contribution < 1.29 is 14.7 Å². The molecule has 0 fully saturated rings. The Bertz CT molecular complexity index is 736. The average molecular weight is 357 g/mol. The van der Waals surface area contributed by atoms with Gasteiger partial charge in [0.25, 0.3) is 5.91 Å². The molecule has 6 nitrogen and oxygen atoms in total. The van der Waals surface area contributed by atoms with Crippen molar-refractivity contribution in [3.05, 3.63) is 53.3 Å². The zero-order chi connectivity index (χ0) is 19.1. The van der Waals surface area contributed by atoms with E-state index in [-0.39, 0.29) is 18.5 Å². The fourth-order valence-electron chi connectivity index (χ4n) is 3.08. The zero-order valence-corrected chi connectivity index (χ0v) is 15.7. The molecule has 1 heterocycles. The average Bonchev–Trinajstić information content (AvgIpc) is 3.01. The number of carbonyl (C=O) groups excluding carboxylic acids is 1. The normalized spacial score (nSPS) is 10.9. The van der Waals surface area contributed by atoms with Crippen molar-refractivity contribution in [2.75, 3.05) is 13.1 Å². The number of nitrogens with zero attached hydrogens (tertiary/aromatic N) is 3. The fraction of sp³-hybridized carbons (Fsp3) is 0.450. The van der Waals surface area contributed by atoms with E-state index in [1.807, 2.05) is 41.9 Å². The van der Waals surface area contributed by atoms with Crippen LogP contribution in [0.3, 0.4) is 0 Å². The lowest BCUT2D eigenvalue weighted by atomic mass is 10.1. The molecule has 0 saturated carbocycles. The summed E-state index contributed by atoms with van der Waals surface area (Å²) < 4.78 is 1.88. The van der Waals surface area contributed by atoms with Crippen molar-refractivity contribution in [2.24, 2.45) is 0 Å². The Morgan fingerprint density at radius 3 is 2.42 bits per heavy atom. The Labute approximate surface area is 154 Å². The van der Waals surface area contributed by atoms with Crippen molar-refractivity contribution in [1.29, 1.82) is 0 Å². The van der Waals surface area contributed by atoms with Gasteiger partial charge in [-0.1, -0.05) is 44.2 Å². The zero-order valence-electron chi connectivity index (χ0n) is 15.7. The van der Waals surface area contributed by atoms with Gasteiger partial charge in [0.05, 0.1) is 6.04 Å². The molecule has 1 aromatic heterocycles. The summed E-state index contributed by atoms with van der Waals surface area (Å²) in [4.78, 5) is 25.4. The van der Waals surface area contributed by atoms with E-state index in [1.54, 1.807) is 6.07 Å². The molecule has 1 N–H and O–H groups in total. The number of aliphatic carboxylic acids is 1. The van der Waals surface area contributed by atoms with Gasteiger partial charge in [0.15, 0.2) is 5.69 Å². The van der Waals surface area contributed by atoms with E-state index in [0.717, 1.165) is 24.1 Å². The summed E-state index contributed by atoms with van der Waals surface area (Å²) in [6, 6.07) is 11.7. The molecule has 26 heavy (non-hydrogen) atoms. The van der Waals surface area contributed by atoms with E-state index >= 15 is 0 Å². The summed E-state index contributed by atoms with van der Waals surface area (Å²) >= 11 is 0. The second kappa shape index (κ2) is 9.17. The highest BCUT2D eigenvalue weighted by Crippen LogP contribution is 2.19. The smallest absolute Gasteiger partial charge is 0.323 e. The van der Waals surface area contributed by atoms with Gasteiger partial charge in [0.1, 0.15) is 6.54 Å². The highest BCUT2D eigenvalue weighted by atomic mass is 16.4. The van der Waals surface area contributed by atoms with Crippen LogP contribution in [0.15, 0.2) is 36.4 Å². The number of benzene rings is 1. The van der Waals surface area contributed by atoms with Crippen LogP contribution in [0.5, 0.6) is 0 Å². The number of aromatic nitrogens is 2. The van der Waals surface area contributed by atoms with Gasteiger partial charge in [-0.05, 0) is 37.8 Å². The first-order valence-electron chi connectivity index (χ1n) is 9.07. The molecule has 0 aliphatic carbocycles. The topological polar surface area (TPSA) is 75.4 Å². The maximum absolute atomic E-state index is 12.9. The monoisotopic (exact) mass is 357 g/mol. The minimum Gasteiger partial charge on any atom is -0.480 e. The minimum atomic E-state index is -1.03. The molecular weight excluding hydrogens is 330 g/mol.